The average molecular weight is 361 g/mol. The average Bonchev–Trinajstić information content (AvgIpc) is 2.60. The molecule has 0 bridgehead atoms. The molecule has 2 aromatic carbocycles. The van der Waals surface area contributed by atoms with Crippen LogP contribution in [-0.4, -0.2) is 24.2 Å². The summed E-state index contributed by atoms with van der Waals surface area (Å²) in [4.78, 5) is 24.4. The molecule has 2 rings (SSSR count). The number of benzene rings is 2. The number of halogens is 1. The van der Waals surface area contributed by atoms with Gasteiger partial charge in [0.1, 0.15) is 5.82 Å². The summed E-state index contributed by atoms with van der Waals surface area (Å²) < 4.78 is 12.8. The minimum absolute atomic E-state index is 0.0594. The zero-order valence-electron chi connectivity index (χ0n) is 13.8. The highest BCUT2D eigenvalue weighted by atomic mass is 32.2. The molecule has 0 saturated heterocycles. The van der Waals surface area contributed by atoms with Gasteiger partial charge in [-0.1, -0.05) is 29.8 Å². The highest BCUT2D eigenvalue weighted by Gasteiger charge is 2.05. The fourth-order valence-corrected chi connectivity index (χ4v) is 2.74. The fraction of sp³-hybridized carbons (Fsp3) is 0.222. The molecule has 0 heterocycles. The van der Waals surface area contributed by atoms with Crippen molar-refractivity contribution in [2.24, 2.45) is 0 Å². The number of hydrogen-bond donors (Lipinski definition) is 3. The van der Waals surface area contributed by atoms with E-state index in [4.69, 9.17) is 0 Å². The minimum atomic E-state index is -0.475. The third-order valence-corrected chi connectivity index (χ3v) is 4.28. The lowest BCUT2D eigenvalue weighted by Gasteiger charge is -2.09. The molecule has 2 aromatic rings. The van der Waals surface area contributed by atoms with E-state index in [9.17, 15) is 14.0 Å². The number of rotatable bonds is 6. The van der Waals surface area contributed by atoms with Crippen molar-refractivity contribution in [3.63, 3.8) is 0 Å². The molecule has 0 aliphatic rings. The van der Waals surface area contributed by atoms with Crippen LogP contribution < -0.4 is 16.2 Å². The van der Waals surface area contributed by atoms with Crippen LogP contribution in [0.15, 0.2) is 53.4 Å². The Morgan fingerprint density at radius 1 is 1.00 bits per heavy atom. The Bertz CT molecular complexity index is 705. The van der Waals surface area contributed by atoms with Gasteiger partial charge in [-0.15, -0.1) is 11.8 Å². The van der Waals surface area contributed by atoms with Crippen molar-refractivity contribution in [2.75, 3.05) is 12.3 Å². The van der Waals surface area contributed by atoms with Crippen LogP contribution >= 0.6 is 11.8 Å². The summed E-state index contributed by atoms with van der Waals surface area (Å²) in [5.74, 6) is -0.0130. The molecule has 3 amide bonds. The molecule has 0 atom stereocenters. The van der Waals surface area contributed by atoms with Crippen LogP contribution in [0.25, 0.3) is 0 Å². The summed E-state index contributed by atoms with van der Waals surface area (Å²) in [6.45, 7) is 2.50. The number of thioether (sulfide) groups is 1. The van der Waals surface area contributed by atoms with Gasteiger partial charge < -0.3 is 5.32 Å². The summed E-state index contributed by atoms with van der Waals surface area (Å²) in [6, 6.07) is 13.3. The first-order valence-corrected chi connectivity index (χ1v) is 8.78. The first-order valence-electron chi connectivity index (χ1n) is 7.79. The number of urea groups is 1. The second kappa shape index (κ2) is 9.68. The van der Waals surface area contributed by atoms with E-state index in [0.29, 0.717) is 12.1 Å². The third kappa shape index (κ3) is 7.26. The van der Waals surface area contributed by atoms with Crippen molar-refractivity contribution in [1.82, 2.24) is 16.2 Å². The van der Waals surface area contributed by atoms with Gasteiger partial charge in [-0.25, -0.2) is 14.6 Å². The molecule has 0 aliphatic heterocycles. The molecule has 7 heteroatoms. The quantitative estimate of drug-likeness (QED) is 0.421. The molecule has 5 nitrogen and oxygen atoms in total. The van der Waals surface area contributed by atoms with Crippen molar-refractivity contribution in [3.8, 4) is 0 Å². The number of amides is 3. The van der Waals surface area contributed by atoms with E-state index in [0.717, 1.165) is 10.6 Å². The SMILES string of the molecule is Cc1ccc(SCCNC(=O)NNC(=O)Cc2ccc(F)cc2)cc1. The van der Waals surface area contributed by atoms with E-state index in [1.165, 1.54) is 29.8 Å². The number of hydrogen-bond acceptors (Lipinski definition) is 3. The van der Waals surface area contributed by atoms with Crippen molar-refractivity contribution in [3.05, 3.63) is 65.5 Å². The van der Waals surface area contributed by atoms with Gasteiger partial charge in [-0.2, -0.15) is 0 Å². The van der Waals surface area contributed by atoms with Crippen LogP contribution in [-0.2, 0) is 11.2 Å². The number of carbonyl (C=O) groups is 2. The molecular weight excluding hydrogens is 341 g/mol. The highest BCUT2D eigenvalue weighted by Crippen LogP contribution is 2.17. The number of carbonyl (C=O) groups excluding carboxylic acids is 2. The summed E-state index contributed by atoms with van der Waals surface area (Å²) in [6.07, 6.45) is 0.0594. The molecular formula is C18H20FN3O2S. The van der Waals surface area contributed by atoms with Crippen molar-refractivity contribution in [1.29, 1.82) is 0 Å². The summed E-state index contributed by atoms with van der Waals surface area (Å²) >= 11 is 1.64. The van der Waals surface area contributed by atoms with E-state index < -0.39 is 6.03 Å². The zero-order valence-corrected chi connectivity index (χ0v) is 14.7. The number of aryl methyl sites for hydroxylation is 1. The van der Waals surface area contributed by atoms with Gasteiger partial charge in [0.25, 0.3) is 0 Å². The van der Waals surface area contributed by atoms with Crippen molar-refractivity contribution < 1.29 is 14.0 Å². The van der Waals surface area contributed by atoms with Crippen LogP contribution in [0.2, 0.25) is 0 Å². The normalized spacial score (nSPS) is 10.2. The summed E-state index contributed by atoms with van der Waals surface area (Å²) in [5, 5.41) is 2.66. The van der Waals surface area contributed by atoms with Crippen LogP contribution in [0.3, 0.4) is 0 Å². The van der Waals surface area contributed by atoms with Crippen molar-refractivity contribution >= 4 is 23.7 Å². The maximum atomic E-state index is 12.8. The van der Waals surface area contributed by atoms with Gasteiger partial charge >= 0.3 is 6.03 Å². The lowest BCUT2D eigenvalue weighted by atomic mass is 10.1. The van der Waals surface area contributed by atoms with Crippen LogP contribution in [0, 0.1) is 12.7 Å². The van der Waals surface area contributed by atoms with E-state index in [2.05, 4.69) is 16.2 Å². The Kier molecular flexibility index (Phi) is 7.28. The van der Waals surface area contributed by atoms with Crippen molar-refractivity contribution in [2.45, 2.75) is 18.2 Å². The first-order chi connectivity index (χ1) is 12.0. The molecule has 132 valence electrons. The maximum Gasteiger partial charge on any atom is 0.333 e. The second-order valence-corrected chi connectivity index (χ2v) is 6.56. The molecule has 3 N–H and O–H groups in total. The van der Waals surface area contributed by atoms with Gasteiger partial charge in [0.15, 0.2) is 0 Å². The molecule has 0 saturated carbocycles. The number of nitrogens with one attached hydrogen (secondary N) is 3. The summed E-state index contributed by atoms with van der Waals surface area (Å²) in [7, 11) is 0. The topological polar surface area (TPSA) is 70.2 Å². The maximum absolute atomic E-state index is 12.8. The second-order valence-electron chi connectivity index (χ2n) is 5.39. The molecule has 25 heavy (non-hydrogen) atoms. The lowest BCUT2D eigenvalue weighted by molar-refractivity contribution is -0.121. The standard InChI is InChI=1S/C18H20FN3O2S/c1-13-2-8-16(9-3-13)25-11-10-20-18(24)22-21-17(23)12-14-4-6-15(19)7-5-14/h2-9H,10-12H2,1H3,(H,21,23)(H2,20,22,24). The lowest BCUT2D eigenvalue weighted by Crippen LogP contribution is -2.47. The first kappa shape index (κ1) is 18.8. The van der Waals surface area contributed by atoms with Crippen LogP contribution in [0.4, 0.5) is 9.18 Å². The van der Waals surface area contributed by atoms with Gasteiger partial charge in [-0.3, -0.25) is 10.2 Å². The highest BCUT2D eigenvalue weighted by molar-refractivity contribution is 7.99. The van der Waals surface area contributed by atoms with E-state index in [-0.39, 0.29) is 18.1 Å². The van der Waals surface area contributed by atoms with Gasteiger partial charge in [0.2, 0.25) is 5.91 Å². The Morgan fingerprint density at radius 2 is 1.68 bits per heavy atom. The predicted molar refractivity (Wildman–Crippen MR) is 96.7 cm³/mol. The monoisotopic (exact) mass is 361 g/mol. The third-order valence-electron chi connectivity index (χ3n) is 3.27. The zero-order chi connectivity index (χ0) is 18.1. The Hall–Kier alpha value is -2.54. The minimum Gasteiger partial charge on any atom is -0.336 e. The van der Waals surface area contributed by atoms with Crippen LogP contribution in [0.5, 0.6) is 0 Å². The Balaban J connectivity index is 1.59. The van der Waals surface area contributed by atoms with Gasteiger partial charge in [0.05, 0.1) is 6.42 Å². The molecule has 0 unspecified atom stereocenters. The van der Waals surface area contributed by atoms with Crippen LogP contribution in [0.1, 0.15) is 11.1 Å². The largest absolute Gasteiger partial charge is 0.336 e. The molecule has 0 spiro atoms. The van der Waals surface area contributed by atoms with E-state index in [1.54, 1.807) is 11.8 Å². The smallest absolute Gasteiger partial charge is 0.333 e. The Morgan fingerprint density at radius 3 is 2.36 bits per heavy atom. The molecule has 0 aromatic heterocycles. The van der Waals surface area contributed by atoms with Gasteiger partial charge in [-0.05, 0) is 36.8 Å². The molecule has 0 aliphatic carbocycles. The molecule has 0 fully saturated rings. The fourth-order valence-electron chi connectivity index (χ4n) is 1.97. The Labute approximate surface area is 150 Å². The molecule has 0 radical (unpaired) electrons. The van der Waals surface area contributed by atoms with E-state index >= 15 is 0 Å². The number of hydrazine groups is 1. The van der Waals surface area contributed by atoms with Gasteiger partial charge in [0, 0.05) is 17.2 Å². The summed E-state index contributed by atoms with van der Waals surface area (Å²) in [5.41, 5.74) is 6.47. The van der Waals surface area contributed by atoms with E-state index in [1.807, 2.05) is 31.2 Å². The predicted octanol–water partition coefficient (Wildman–Crippen LogP) is 2.80.